The van der Waals surface area contributed by atoms with Crippen LogP contribution in [0.4, 0.5) is 0 Å². The third-order valence-electron chi connectivity index (χ3n) is 12.7. The predicted molar refractivity (Wildman–Crippen MR) is 126 cm³/mol. The first kappa shape index (κ1) is 24.1. The highest BCUT2D eigenvalue weighted by atomic mass is 16.6. The van der Waals surface area contributed by atoms with E-state index >= 15 is 0 Å². The lowest BCUT2D eigenvalue weighted by Gasteiger charge is -2.63. The number of hydrogen-bond acceptors (Lipinski definition) is 5. The molecule has 0 saturated heterocycles. The summed E-state index contributed by atoms with van der Waals surface area (Å²) >= 11 is 0. The standard InChI is InChI=1S/C28H46O5/c1-8-17-21(33-16(2)23(31)32-7)22(30)26(6)19-10-9-18-24(3,4)20(29)11-12-27(18)15-28(19,27)14-13-25(17,26)5/h16-22,29-30H,8-15H2,1-7H3. The summed E-state index contributed by atoms with van der Waals surface area (Å²) < 4.78 is 11.2. The van der Waals surface area contributed by atoms with Crippen LogP contribution in [0, 0.1) is 44.8 Å². The molecule has 0 heterocycles. The summed E-state index contributed by atoms with van der Waals surface area (Å²) in [6, 6.07) is 0. The fraction of sp³-hybridized carbons (Fsp3) is 0.964. The summed E-state index contributed by atoms with van der Waals surface area (Å²) in [4.78, 5) is 12.2. The molecule has 0 amide bonds. The van der Waals surface area contributed by atoms with E-state index in [1.807, 2.05) is 0 Å². The van der Waals surface area contributed by atoms with Gasteiger partial charge in [-0.25, -0.2) is 4.79 Å². The molecule has 11 unspecified atom stereocenters. The van der Waals surface area contributed by atoms with E-state index in [0.29, 0.717) is 22.7 Å². The van der Waals surface area contributed by atoms with Gasteiger partial charge in [-0.3, -0.25) is 0 Å². The van der Waals surface area contributed by atoms with Crippen LogP contribution < -0.4 is 0 Å². The van der Waals surface area contributed by atoms with Crippen LogP contribution in [-0.4, -0.2) is 47.7 Å². The van der Waals surface area contributed by atoms with Gasteiger partial charge in [0, 0.05) is 5.41 Å². The number of ether oxygens (including phenoxy) is 2. The first-order chi connectivity index (χ1) is 15.4. The van der Waals surface area contributed by atoms with Crippen molar-refractivity contribution in [3.63, 3.8) is 0 Å². The Hall–Kier alpha value is -0.650. The molecule has 5 saturated carbocycles. The van der Waals surface area contributed by atoms with Gasteiger partial charge in [0.1, 0.15) is 0 Å². The summed E-state index contributed by atoms with van der Waals surface area (Å²) in [6.45, 7) is 13.3. The van der Waals surface area contributed by atoms with Crippen molar-refractivity contribution < 1.29 is 24.5 Å². The van der Waals surface area contributed by atoms with Crippen molar-refractivity contribution in [3.8, 4) is 0 Å². The number of aliphatic hydroxyl groups excluding tert-OH is 2. The van der Waals surface area contributed by atoms with E-state index in [1.165, 1.54) is 20.0 Å². The van der Waals surface area contributed by atoms with Crippen molar-refractivity contribution in [1.82, 2.24) is 0 Å². The second-order valence-electron chi connectivity index (χ2n) is 13.5. The zero-order chi connectivity index (χ0) is 24.2. The van der Waals surface area contributed by atoms with E-state index in [0.717, 1.165) is 38.5 Å². The minimum atomic E-state index is -0.673. The van der Waals surface area contributed by atoms with Crippen molar-refractivity contribution in [3.05, 3.63) is 0 Å². The lowest BCUT2D eigenvalue weighted by atomic mass is 9.42. The molecule has 188 valence electrons. The van der Waals surface area contributed by atoms with E-state index < -0.39 is 12.2 Å². The Morgan fingerprint density at radius 3 is 2.27 bits per heavy atom. The van der Waals surface area contributed by atoms with E-state index in [2.05, 4.69) is 34.6 Å². The van der Waals surface area contributed by atoms with Gasteiger partial charge in [-0.05, 0) is 91.3 Å². The number of carbonyl (C=O) groups excluding carboxylic acids is 1. The molecule has 11 atom stereocenters. The van der Waals surface area contributed by atoms with Crippen LogP contribution in [-0.2, 0) is 14.3 Å². The fourth-order valence-electron chi connectivity index (χ4n) is 10.8. The van der Waals surface area contributed by atoms with Crippen molar-refractivity contribution in [2.45, 2.75) is 117 Å². The minimum absolute atomic E-state index is 0.0160. The van der Waals surface area contributed by atoms with Gasteiger partial charge in [0.05, 0.1) is 25.4 Å². The summed E-state index contributed by atoms with van der Waals surface area (Å²) in [5.41, 5.74) is 0.349. The van der Waals surface area contributed by atoms with E-state index in [-0.39, 0.29) is 40.3 Å². The number of carbonyl (C=O) groups is 1. The second kappa shape index (κ2) is 7.20. The smallest absolute Gasteiger partial charge is 0.334 e. The maximum absolute atomic E-state index is 12.2. The maximum Gasteiger partial charge on any atom is 0.334 e. The zero-order valence-corrected chi connectivity index (χ0v) is 21.8. The number of fused-ring (bicyclic) bond motifs is 2. The molecule has 5 rings (SSSR count). The summed E-state index contributed by atoms with van der Waals surface area (Å²) in [5, 5.41) is 22.8. The zero-order valence-electron chi connectivity index (χ0n) is 21.8. The van der Waals surface area contributed by atoms with Gasteiger partial charge < -0.3 is 19.7 Å². The van der Waals surface area contributed by atoms with Crippen LogP contribution in [0.2, 0.25) is 0 Å². The van der Waals surface area contributed by atoms with Crippen molar-refractivity contribution in [1.29, 1.82) is 0 Å². The molecule has 5 aliphatic carbocycles. The lowest BCUT2D eigenvalue weighted by Crippen LogP contribution is -2.59. The van der Waals surface area contributed by atoms with Crippen molar-refractivity contribution in [2.75, 3.05) is 7.11 Å². The Morgan fingerprint density at radius 2 is 1.64 bits per heavy atom. The summed E-state index contributed by atoms with van der Waals surface area (Å²) in [6.07, 6.45) is 7.07. The quantitative estimate of drug-likeness (QED) is 0.591. The predicted octanol–water partition coefficient (Wildman–Crippen LogP) is 4.72. The largest absolute Gasteiger partial charge is 0.467 e. The number of aliphatic hydroxyl groups is 2. The molecular weight excluding hydrogens is 416 g/mol. The molecule has 0 bridgehead atoms. The highest BCUT2D eigenvalue weighted by Crippen LogP contribution is 2.89. The first-order valence-corrected chi connectivity index (χ1v) is 13.5. The van der Waals surface area contributed by atoms with Gasteiger partial charge >= 0.3 is 5.97 Å². The monoisotopic (exact) mass is 462 g/mol. The fourth-order valence-corrected chi connectivity index (χ4v) is 10.8. The van der Waals surface area contributed by atoms with Crippen LogP contribution in [0.25, 0.3) is 0 Å². The number of hydrogen-bond donors (Lipinski definition) is 2. The molecule has 5 aliphatic rings. The summed E-state index contributed by atoms with van der Waals surface area (Å²) in [5.74, 6) is 0.893. The Balaban J connectivity index is 1.51. The molecule has 5 nitrogen and oxygen atoms in total. The molecule has 0 aromatic heterocycles. The first-order valence-electron chi connectivity index (χ1n) is 13.5. The van der Waals surface area contributed by atoms with E-state index in [9.17, 15) is 15.0 Å². The average molecular weight is 463 g/mol. The Labute approximate surface area is 200 Å². The maximum atomic E-state index is 12.2. The molecule has 5 heteroatoms. The van der Waals surface area contributed by atoms with Gasteiger partial charge in [-0.1, -0.05) is 41.0 Å². The Morgan fingerprint density at radius 1 is 1.00 bits per heavy atom. The van der Waals surface area contributed by atoms with Crippen LogP contribution in [0.15, 0.2) is 0 Å². The molecule has 0 aliphatic heterocycles. The van der Waals surface area contributed by atoms with Crippen molar-refractivity contribution in [2.24, 2.45) is 44.8 Å². The van der Waals surface area contributed by atoms with Crippen LogP contribution in [0.1, 0.15) is 92.9 Å². The lowest BCUT2D eigenvalue weighted by molar-refractivity contribution is -0.185. The molecule has 33 heavy (non-hydrogen) atoms. The Bertz CT molecular complexity index is 825. The van der Waals surface area contributed by atoms with E-state index in [1.54, 1.807) is 6.92 Å². The summed E-state index contributed by atoms with van der Waals surface area (Å²) in [7, 11) is 1.39. The van der Waals surface area contributed by atoms with Gasteiger partial charge in [-0.2, -0.15) is 0 Å². The van der Waals surface area contributed by atoms with Crippen molar-refractivity contribution >= 4 is 5.97 Å². The third-order valence-corrected chi connectivity index (χ3v) is 12.7. The highest BCUT2D eigenvalue weighted by molar-refractivity contribution is 5.74. The normalized spacial score (nSPS) is 54.9. The van der Waals surface area contributed by atoms with Crippen LogP contribution in [0.3, 0.4) is 0 Å². The van der Waals surface area contributed by atoms with Gasteiger partial charge in [0.15, 0.2) is 6.10 Å². The third kappa shape index (κ3) is 2.63. The second-order valence-corrected chi connectivity index (χ2v) is 13.5. The van der Waals surface area contributed by atoms with Gasteiger partial charge in [0.25, 0.3) is 0 Å². The molecule has 0 aromatic rings. The van der Waals surface area contributed by atoms with E-state index in [4.69, 9.17) is 9.47 Å². The number of rotatable bonds is 4. The number of esters is 1. The Kier molecular flexibility index (Phi) is 5.25. The van der Waals surface area contributed by atoms with Gasteiger partial charge in [-0.15, -0.1) is 0 Å². The molecule has 0 radical (unpaired) electrons. The molecule has 0 aromatic carbocycles. The minimum Gasteiger partial charge on any atom is -0.467 e. The number of methoxy groups -OCH3 is 1. The van der Waals surface area contributed by atoms with Crippen LogP contribution in [0.5, 0.6) is 0 Å². The van der Waals surface area contributed by atoms with Gasteiger partial charge in [0.2, 0.25) is 0 Å². The molecule has 2 N–H and O–H groups in total. The molecule has 5 fully saturated rings. The topological polar surface area (TPSA) is 76.0 Å². The SMILES string of the molecule is CCC1C(OC(C)C(=O)OC)C(O)C2(C)C3CCC4C(C)(C)C(O)CCC45CC35CCC12C. The average Bonchev–Trinajstić information content (AvgIpc) is 3.41. The molecular formula is C28H46O5. The highest BCUT2D eigenvalue weighted by Gasteiger charge is 2.84. The van der Waals surface area contributed by atoms with Crippen LogP contribution >= 0.6 is 0 Å². The molecule has 2 spiro atoms.